The minimum absolute atomic E-state index is 0.0427. The van der Waals surface area contributed by atoms with E-state index in [-0.39, 0.29) is 5.56 Å². The highest BCUT2D eigenvalue weighted by molar-refractivity contribution is 6.09. The molecule has 0 atom stereocenters. The second-order valence-corrected chi connectivity index (χ2v) is 6.53. The molecule has 4 nitrogen and oxygen atoms in total. The molecule has 0 unspecified atom stereocenters. The Morgan fingerprint density at radius 3 is 2.10 bits per heavy atom. The Kier molecular flexibility index (Phi) is 5.93. The van der Waals surface area contributed by atoms with Crippen LogP contribution < -0.4 is 10.2 Å². The largest absolute Gasteiger partial charge is 0.422 e. The first kappa shape index (κ1) is 21.9. The van der Waals surface area contributed by atoms with Gasteiger partial charge in [0.2, 0.25) is 0 Å². The molecule has 30 heavy (non-hydrogen) atoms. The van der Waals surface area contributed by atoms with Crippen LogP contribution in [0.25, 0.3) is 0 Å². The maximum Gasteiger partial charge on any atom is 0.422 e. The van der Waals surface area contributed by atoms with Crippen molar-refractivity contribution < 1.29 is 40.3 Å². The number of amides is 1. The number of alkyl halides is 3. The van der Waals surface area contributed by atoms with Crippen LogP contribution in [0.1, 0.15) is 21.5 Å². The van der Waals surface area contributed by atoms with Gasteiger partial charge in [0.1, 0.15) is 11.3 Å². The highest BCUT2D eigenvalue weighted by Crippen LogP contribution is 2.38. The molecule has 2 aromatic carbocycles. The summed E-state index contributed by atoms with van der Waals surface area (Å²) in [6.45, 7) is 3.09. The van der Waals surface area contributed by atoms with Gasteiger partial charge in [-0.2, -0.15) is 13.2 Å². The van der Waals surface area contributed by atoms with Crippen molar-refractivity contribution >= 4 is 17.3 Å². The van der Waals surface area contributed by atoms with E-state index in [0.717, 1.165) is 0 Å². The number of nitrogens with one attached hydrogen (secondary N) is 1. The van der Waals surface area contributed by atoms with E-state index in [9.17, 15) is 35.5 Å². The zero-order chi connectivity index (χ0) is 22.2. The molecule has 1 amide bonds. The normalized spacial score (nSPS) is 14.7. The van der Waals surface area contributed by atoms with Crippen LogP contribution in [0, 0.1) is 30.2 Å². The van der Waals surface area contributed by atoms with E-state index < -0.39 is 46.6 Å². The van der Waals surface area contributed by atoms with Gasteiger partial charge in [0.25, 0.3) is 5.91 Å². The number of hydrogen-bond acceptors (Lipinski definition) is 3. The van der Waals surface area contributed by atoms with Crippen molar-refractivity contribution in [1.82, 2.24) is 0 Å². The smallest absolute Gasteiger partial charge is 0.378 e. The van der Waals surface area contributed by atoms with Crippen LogP contribution in [-0.4, -0.2) is 32.2 Å². The van der Waals surface area contributed by atoms with Crippen molar-refractivity contribution in [2.75, 3.05) is 36.5 Å². The molecule has 0 saturated carbocycles. The minimum Gasteiger partial charge on any atom is -0.378 e. The molecule has 1 N–H and O–H groups in total. The van der Waals surface area contributed by atoms with E-state index in [2.05, 4.69) is 0 Å². The Balaban J connectivity index is 2.04. The van der Waals surface area contributed by atoms with Gasteiger partial charge in [-0.3, -0.25) is 4.79 Å². The number of hydrogen-bond donors (Lipinski definition) is 1. The van der Waals surface area contributed by atoms with E-state index in [0.29, 0.717) is 37.6 Å². The Bertz CT molecular complexity index is 957. The number of nitrogens with zero attached hydrogens (tertiary/aromatic N) is 1. The fourth-order valence-electron chi connectivity index (χ4n) is 3.18. The first-order valence-electron chi connectivity index (χ1n) is 8.70. The van der Waals surface area contributed by atoms with Gasteiger partial charge in [-0.1, -0.05) is 12.1 Å². The minimum atomic E-state index is -5.67. The summed E-state index contributed by atoms with van der Waals surface area (Å²) in [7, 11) is 0. The zero-order valence-electron chi connectivity index (χ0n) is 15.5. The third-order valence-electron chi connectivity index (χ3n) is 4.62. The molecule has 0 spiro atoms. The summed E-state index contributed by atoms with van der Waals surface area (Å²) in [5.74, 6) is -11.1. The lowest BCUT2D eigenvalue weighted by Gasteiger charge is -2.31. The lowest BCUT2D eigenvalue weighted by molar-refractivity contribution is -0.143. The highest BCUT2D eigenvalue weighted by atomic mass is 19.4. The number of ether oxygens (including phenoxy) is 1. The second kappa shape index (κ2) is 8.13. The molecule has 1 heterocycles. The molecule has 162 valence electrons. The first-order chi connectivity index (χ1) is 14.0. The highest BCUT2D eigenvalue weighted by Gasteiger charge is 2.42. The lowest BCUT2D eigenvalue weighted by atomic mass is 10.0. The molecular formula is C19H15F7N2O2. The molecule has 1 fully saturated rings. The summed E-state index contributed by atoms with van der Waals surface area (Å²) in [4.78, 5) is 14.5. The van der Waals surface area contributed by atoms with Crippen molar-refractivity contribution in [2.24, 2.45) is 0 Å². The molecule has 2 aromatic rings. The predicted molar refractivity (Wildman–Crippen MR) is 93.4 cm³/mol. The molecule has 1 aliphatic rings. The summed E-state index contributed by atoms with van der Waals surface area (Å²) in [6.07, 6.45) is -5.67. The summed E-state index contributed by atoms with van der Waals surface area (Å²) in [6, 6.07) is 4.73. The molecular weight excluding hydrogens is 421 g/mol. The standard InChI is InChI=1S/C19H15F7N2O2/c1-9-3-2-4-10(28-5-7-30-8-6-28)11(9)18(29)27-17-15(22)13(20)12(19(24,25)26)14(21)16(17)23/h2-4H,5-8H2,1H3,(H,27,29). The van der Waals surface area contributed by atoms with Crippen LogP contribution in [-0.2, 0) is 10.9 Å². The van der Waals surface area contributed by atoms with Crippen LogP contribution in [0.5, 0.6) is 0 Å². The Labute approximate surface area is 166 Å². The van der Waals surface area contributed by atoms with Crippen molar-refractivity contribution in [3.8, 4) is 0 Å². The van der Waals surface area contributed by atoms with Gasteiger partial charge >= 0.3 is 6.18 Å². The first-order valence-corrected chi connectivity index (χ1v) is 8.70. The number of anilines is 2. The molecule has 0 bridgehead atoms. The molecule has 0 aliphatic carbocycles. The molecule has 0 radical (unpaired) electrons. The summed E-state index contributed by atoms with van der Waals surface area (Å²) in [5.41, 5.74) is -3.63. The molecule has 1 aliphatic heterocycles. The fourth-order valence-corrected chi connectivity index (χ4v) is 3.18. The quantitative estimate of drug-likeness (QED) is 0.562. The van der Waals surface area contributed by atoms with Crippen LogP contribution >= 0.6 is 0 Å². The van der Waals surface area contributed by atoms with Gasteiger partial charge in [0, 0.05) is 18.8 Å². The van der Waals surface area contributed by atoms with Crippen molar-refractivity contribution in [3.05, 3.63) is 58.2 Å². The monoisotopic (exact) mass is 436 g/mol. The third-order valence-corrected chi connectivity index (χ3v) is 4.62. The maximum absolute atomic E-state index is 14.1. The number of halogens is 7. The Morgan fingerprint density at radius 1 is 1.00 bits per heavy atom. The SMILES string of the molecule is Cc1cccc(N2CCOCC2)c1C(=O)Nc1c(F)c(F)c(C(F)(F)F)c(F)c1F. The van der Waals surface area contributed by atoms with Gasteiger partial charge in [0.15, 0.2) is 23.3 Å². The number of morpholine rings is 1. The number of benzene rings is 2. The van der Waals surface area contributed by atoms with Gasteiger partial charge < -0.3 is 15.0 Å². The number of aryl methyl sites for hydroxylation is 1. The van der Waals surface area contributed by atoms with Crippen LogP contribution in [0.3, 0.4) is 0 Å². The van der Waals surface area contributed by atoms with Gasteiger partial charge in [-0.05, 0) is 18.6 Å². The van der Waals surface area contributed by atoms with Crippen LogP contribution in [0.15, 0.2) is 18.2 Å². The molecule has 0 aromatic heterocycles. The van der Waals surface area contributed by atoms with E-state index in [4.69, 9.17) is 4.74 Å². The topological polar surface area (TPSA) is 41.6 Å². The molecule has 3 rings (SSSR count). The average molecular weight is 436 g/mol. The second-order valence-electron chi connectivity index (χ2n) is 6.53. The fraction of sp³-hybridized carbons (Fsp3) is 0.316. The van der Waals surface area contributed by atoms with E-state index in [1.165, 1.54) is 13.0 Å². The molecule has 1 saturated heterocycles. The molecule has 11 heteroatoms. The van der Waals surface area contributed by atoms with E-state index >= 15 is 0 Å². The van der Waals surface area contributed by atoms with Crippen LogP contribution in [0.4, 0.5) is 42.1 Å². The van der Waals surface area contributed by atoms with Crippen molar-refractivity contribution in [3.63, 3.8) is 0 Å². The van der Waals surface area contributed by atoms with Gasteiger partial charge in [-0.25, -0.2) is 17.6 Å². The lowest BCUT2D eigenvalue weighted by Crippen LogP contribution is -2.37. The van der Waals surface area contributed by atoms with Crippen molar-refractivity contribution in [2.45, 2.75) is 13.1 Å². The summed E-state index contributed by atoms with van der Waals surface area (Å²) >= 11 is 0. The predicted octanol–water partition coefficient (Wildman–Crippen LogP) is 4.66. The Hall–Kier alpha value is -2.82. The number of carbonyl (C=O) groups is 1. The van der Waals surface area contributed by atoms with Gasteiger partial charge in [0.05, 0.1) is 18.8 Å². The zero-order valence-corrected chi connectivity index (χ0v) is 15.5. The van der Waals surface area contributed by atoms with Gasteiger partial charge in [-0.15, -0.1) is 0 Å². The van der Waals surface area contributed by atoms with E-state index in [1.54, 1.807) is 22.3 Å². The summed E-state index contributed by atoms with van der Waals surface area (Å²) in [5, 5.41) is 1.68. The third kappa shape index (κ3) is 3.93. The number of rotatable bonds is 3. The van der Waals surface area contributed by atoms with E-state index in [1.807, 2.05) is 0 Å². The average Bonchev–Trinajstić information content (AvgIpc) is 2.69. The van der Waals surface area contributed by atoms with Crippen molar-refractivity contribution in [1.29, 1.82) is 0 Å². The number of carbonyl (C=O) groups excluding carboxylic acids is 1. The Morgan fingerprint density at radius 2 is 1.57 bits per heavy atom. The van der Waals surface area contributed by atoms with Crippen LogP contribution in [0.2, 0.25) is 0 Å². The maximum atomic E-state index is 14.1. The summed E-state index contributed by atoms with van der Waals surface area (Å²) < 4.78 is 99.3.